The second-order valence-corrected chi connectivity index (χ2v) is 5.78. The van der Waals surface area contributed by atoms with Crippen LogP contribution in [-0.2, 0) is 4.79 Å². The van der Waals surface area contributed by atoms with E-state index in [1.165, 1.54) is 19.3 Å². The van der Waals surface area contributed by atoms with Gasteiger partial charge in [0.05, 0.1) is 6.54 Å². The molecule has 0 radical (unpaired) electrons. The first-order chi connectivity index (χ1) is 10.2. The fourth-order valence-electron chi connectivity index (χ4n) is 3.09. The number of halogens is 1. The Balaban J connectivity index is 0.00000176. The normalized spacial score (nSPS) is 21.6. The summed E-state index contributed by atoms with van der Waals surface area (Å²) in [6.45, 7) is 2.57. The van der Waals surface area contributed by atoms with Crippen LogP contribution in [0.2, 0.25) is 0 Å². The molecule has 6 heteroatoms. The van der Waals surface area contributed by atoms with E-state index in [4.69, 9.17) is 5.73 Å². The van der Waals surface area contributed by atoms with Crippen LogP contribution < -0.4 is 11.1 Å². The van der Waals surface area contributed by atoms with Crippen LogP contribution in [0.4, 0.5) is 5.69 Å². The summed E-state index contributed by atoms with van der Waals surface area (Å²) in [5.41, 5.74) is 8.16. The lowest BCUT2D eigenvalue weighted by atomic mass is 9.91. The number of nitrogens with two attached hydrogens (primary N) is 1. The number of fused-ring (bicyclic) bond motifs is 1. The van der Waals surface area contributed by atoms with Gasteiger partial charge in [0.2, 0.25) is 5.91 Å². The fourth-order valence-corrected chi connectivity index (χ4v) is 3.09. The Labute approximate surface area is 148 Å². The van der Waals surface area contributed by atoms with Crippen LogP contribution in [0.1, 0.15) is 37.2 Å². The lowest BCUT2D eigenvalue weighted by molar-refractivity contribution is -0.116. The molecule has 1 aromatic rings. The van der Waals surface area contributed by atoms with Gasteiger partial charge >= 0.3 is 0 Å². The Morgan fingerprint density at radius 2 is 2.00 bits per heavy atom. The van der Waals surface area contributed by atoms with Crippen LogP contribution in [0.3, 0.4) is 0 Å². The minimum Gasteiger partial charge on any atom is -0.370 e. The van der Waals surface area contributed by atoms with E-state index >= 15 is 0 Å². The summed E-state index contributed by atoms with van der Waals surface area (Å²) < 4.78 is 0. The van der Waals surface area contributed by atoms with Crippen LogP contribution in [0, 0.1) is 0 Å². The van der Waals surface area contributed by atoms with Crippen molar-refractivity contribution in [3.63, 3.8) is 0 Å². The molecule has 1 atom stereocenters. The molecule has 0 bridgehead atoms. The van der Waals surface area contributed by atoms with Gasteiger partial charge in [-0.05, 0) is 30.9 Å². The minimum absolute atomic E-state index is 0. The number of nitrogens with one attached hydrogen (secondary N) is 1. The predicted molar refractivity (Wildman–Crippen MR) is 99.8 cm³/mol. The minimum atomic E-state index is 0. The molecule has 3 rings (SSSR count). The van der Waals surface area contributed by atoms with Crippen LogP contribution in [0.25, 0.3) is 0 Å². The number of hydrogen-bond donors (Lipinski definition) is 2. The van der Waals surface area contributed by atoms with E-state index in [1.54, 1.807) is 0 Å². The van der Waals surface area contributed by atoms with Gasteiger partial charge in [0.1, 0.15) is 0 Å². The molecule has 2 heterocycles. The lowest BCUT2D eigenvalue weighted by Crippen LogP contribution is -2.41. The van der Waals surface area contributed by atoms with Crippen molar-refractivity contribution < 1.29 is 4.79 Å². The van der Waals surface area contributed by atoms with Crippen LogP contribution in [-0.4, -0.2) is 36.4 Å². The molecule has 0 aromatic heterocycles. The van der Waals surface area contributed by atoms with Gasteiger partial charge in [-0.3, -0.25) is 9.79 Å². The summed E-state index contributed by atoms with van der Waals surface area (Å²) in [6.07, 6.45) is 4.13. The van der Waals surface area contributed by atoms with E-state index in [0.717, 1.165) is 24.3 Å². The SMILES string of the molecule is I.NC(=NCC1CC(=O)Nc2ccccc21)N1CCCCC1. The maximum atomic E-state index is 11.8. The molecule has 1 saturated heterocycles. The van der Waals surface area contributed by atoms with E-state index in [0.29, 0.717) is 18.9 Å². The predicted octanol–water partition coefficient (Wildman–Crippen LogP) is 2.53. The number of guanidine groups is 1. The number of piperidine rings is 1. The number of carbonyl (C=O) groups is 1. The smallest absolute Gasteiger partial charge is 0.225 e. The van der Waals surface area contributed by atoms with Crippen molar-refractivity contribution in [1.29, 1.82) is 0 Å². The van der Waals surface area contributed by atoms with E-state index < -0.39 is 0 Å². The monoisotopic (exact) mass is 414 g/mol. The Bertz CT molecular complexity index is 555. The van der Waals surface area contributed by atoms with Crippen LogP contribution in [0.5, 0.6) is 0 Å². The zero-order valence-corrected chi connectivity index (χ0v) is 15.0. The van der Waals surface area contributed by atoms with Gasteiger partial charge in [0, 0.05) is 31.1 Å². The van der Waals surface area contributed by atoms with Crippen molar-refractivity contribution in [2.75, 3.05) is 25.0 Å². The largest absolute Gasteiger partial charge is 0.370 e. The number of aliphatic imine (C=N–C) groups is 1. The summed E-state index contributed by atoms with van der Waals surface area (Å²) in [5, 5.41) is 2.91. The summed E-state index contributed by atoms with van der Waals surface area (Å²) >= 11 is 0. The molecule has 0 aliphatic carbocycles. The maximum Gasteiger partial charge on any atom is 0.225 e. The first kappa shape index (κ1) is 17.1. The van der Waals surface area contributed by atoms with Crippen molar-refractivity contribution >= 4 is 41.5 Å². The molecule has 5 nitrogen and oxygen atoms in total. The third-order valence-electron chi connectivity index (χ3n) is 4.26. The molecule has 1 aromatic carbocycles. The second kappa shape index (κ2) is 7.80. The molecule has 1 unspecified atom stereocenters. The summed E-state index contributed by atoms with van der Waals surface area (Å²) in [4.78, 5) is 18.5. The number of carbonyl (C=O) groups excluding carboxylic acids is 1. The lowest BCUT2D eigenvalue weighted by Gasteiger charge is -2.28. The summed E-state index contributed by atoms with van der Waals surface area (Å²) in [7, 11) is 0. The highest BCUT2D eigenvalue weighted by atomic mass is 127. The van der Waals surface area contributed by atoms with Gasteiger partial charge in [0.15, 0.2) is 5.96 Å². The number of para-hydroxylation sites is 1. The van der Waals surface area contributed by atoms with E-state index in [2.05, 4.69) is 21.3 Å². The van der Waals surface area contributed by atoms with Gasteiger partial charge < -0.3 is 16.0 Å². The number of hydrogen-bond acceptors (Lipinski definition) is 2. The van der Waals surface area contributed by atoms with Crippen molar-refractivity contribution in [3.05, 3.63) is 29.8 Å². The zero-order valence-electron chi connectivity index (χ0n) is 12.6. The summed E-state index contributed by atoms with van der Waals surface area (Å²) in [6, 6.07) is 7.94. The van der Waals surface area contributed by atoms with Crippen molar-refractivity contribution in [3.8, 4) is 0 Å². The first-order valence-electron chi connectivity index (χ1n) is 7.67. The Morgan fingerprint density at radius 3 is 2.77 bits per heavy atom. The standard InChI is InChI=1S/C16H22N4O.HI/c17-16(20-8-4-1-5-9-20)18-11-12-10-15(21)19-14-7-3-2-6-13(12)14;/h2-3,6-7,12H,1,4-5,8-11H2,(H2,17,18)(H,19,21);1H. The van der Waals surface area contributed by atoms with E-state index in [1.807, 2.05) is 18.2 Å². The number of likely N-dealkylation sites (tertiary alicyclic amines) is 1. The molecule has 0 spiro atoms. The molecule has 1 amide bonds. The van der Waals surface area contributed by atoms with Crippen molar-refractivity contribution in [1.82, 2.24) is 4.90 Å². The molecule has 0 saturated carbocycles. The number of anilines is 1. The van der Waals surface area contributed by atoms with Crippen LogP contribution >= 0.6 is 24.0 Å². The molecule has 1 fully saturated rings. The van der Waals surface area contributed by atoms with Gasteiger partial charge in [-0.15, -0.1) is 24.0 Å². The molecule has 2 aliphatic heterocycles. The third-order valence-corrected chi connectivity index (χ3v) is 4.26. The van der Waals surface area contributed by atoms with Crippen molar-refractivity contribution in [2.24, 2.45) is 10.7 Å². The van der Waals surface area contributed by atoms with Gasteiger partial charge in [-0.1, -0.05) is 18.2 Å². The number of nitrogens with zero attached hydrogens (tertiary/aromatic N) is 2. The Morgan fingerprint density at radius 1 is 1.27 bits per heavy atom. The molecule has 22 heavy (non-hydrogen) atoms. The van der Waals surface area contributed by atoms with Gasteiger partial charge in [-0.2, -0.15) is 0 Å². The topological polar surface area (TPSA) is 70.7 Å². The highest BCUT2D eigenvalue weighted by Gasteiger charge is 2.24. The van der Waals surface area contributed by atoms with Crippen LogP contribution in [0.15, 0.2) is 29.3 Å². The number of amides is 1. The summed E-state index contributed by atoms with van der Waals surface area (Å²) in [5.74, 6) is 0.807. The van der Waals surface area contributed by atoms with Gasteiger partial charge in [0.25, 0.3) is 0 Å². The molecular formula is C16H23IN4O. The molecule has 2 aliphatic rings. The second-order valence-electron chi connectivity index (χ2n) is 5.78. The Hall–Kier alpha value is -1.31. The highest BCUT2D eigenvalue weighted by molar-refractivity contribution is 14.0. The van der Waals surface area contributed by atoms with E-state index in [-0.39, 0.29) is 35.8 Å². The molecule has 120 valence electrons. The van der Waals surface area contributed by atoms with E-state index in [9.17, 15) is 4.79 Å². The molecule has 3 N–H and O–H groups in total. The third kappa shape index (κ3) is 3.91. The quantitative estimate of drug-likeness (QED) is 0.444. The number of benzene rings is 1. The zero-order chi connectivity index (χ0) is 14.7. The average molecular weight is 414 g/mol. The van der Waals surface area contributed by atoms with Gasteiger partial charge in [-0.25, -0.2) is 0 Å². The van der Waals surface area contributed by atoms with Crippen molar-refractivity contribution in [2.45, 2.75) is 31.6 Å². The first-order valence-corrected chi connectivity index (χ1v) is 7.67. The average Bonchev–Trinajstić information content (AvgIpc) is 2.53. The highest BCUT2D eigenvalue weighted by Crippen LogP contribution is 2.32. The Kier molecular flexibility index (Phi) is 6.05. The maximum absolute atomic E-state index is 11.8. The number of rotatable bonds is 2. The molecular weight excluding hydrogens is 391 g/mol. The fraction of sp³-hybridized carbons (Fsp3) is 0.500.